The van der Waals surface area contributed by atoms with Crippen LogP contribution in [0.25, 0.3) is 0 Å². The fraction of sp³-hybridized carbons (Fsp3) is 0.357. The number of para-hydroxylation sites is 1. The highest BCUT2D eigenvalue weighted by Gasteiger charge is 1.97. The molecule has 0 heterocycles. The molecule has 16 heavy (non-hydrogen) atoms. The molecule has 0 aliphatic carbocycles. The summed E-state index contributed by atoms with van der Waals surface area (Å²) in [4.78, 5) is 11.3. The van der Waals surface area contributed by atoms with Crippen molar-refractivity contribution in [3.63, 3.8) is 0 Å². The molecule has 0 bridgehead atoms. The SMILES string of the molecule is CCCCCC(=O)C#Cc1ccccc1O. The van der Waals surface area contributed by atoms with E-state index in [2.05, 4.69) is 18.8 Å². The van der Waals surface area contributed by atoms with Crippen LogP contribution in [0.1, 0.15) is 38.2 Å². The molecule has 1 N–H and O–H groups in total. The topological polar surface area (TPSA) is 37.3 Å². The maximum atomic E-state index is 11.3. The number of carbonyl (C=O) groups excluding carboxylic acids is 1. The molecule has 0 amide bonds. The number of ketones is 1. The summed E-state index contributed by atoms with van der Waals surface area (Å²) in [6, 6.07) is 6.77. The van der Waals surface area contributed by atoms with E-state index in [9.17, 15) is 9.90 Å². The maximum Gasteiger partial charge on any atom is 0.205 e. The molecule has 1 aromatic rings. The van der Waals surface area contributed by atoms with Gasteiger partial charge in [-0.25, -0.2) is 0 Å². The molecule has 0 saturated heterocycles. The Morgan fingerprint density at radius 2 is 2.06 bits per heavy atom. The Morgan fingerprint density at radius 1 is 1.31 bits per heavy atom. The lowest BCUT2D eigenvalue weighted by atomic mass is 10.1. The zero-order chi connectivity index (χ0) is 11.8. The third kappa shape index (κ3) is 4.18. The minimum absolute atomic E-state index is 0.0586. The Hall–Kier alpha value is -1.75. The maximum absolute atomic E-state index is 11.3. The molecule has 0 atom stereocenters. The molecule has 0 aromatic heterocycles. The van der Waals surface area contributed by atoms with Gasteiger partial charge in [0.25, 0.3) is 0 Å². The zero-order valence-electron chi connectivity index (χ0n) is 9.49. The Labute approximate surface area is 96.3 Å². The number of aromatic hydroxyl groups is 1. The van der Waals surface area contributed by atoms with Crippen LogP contribution in [-0.2, 0) is 4.79 Å². The van der Waals surface area contributed by atoms with Crippen LogP contribution in [0.5, 0.6) is 5.75 Å². The van der Waals surface area contributed by atoms with Crippen molar-refractivity contribution < 1.29 is 9.90 Å². The Bertz CT molecular complexity index is 410. The van der Waals surface area contributed by atoms with Crippen LogP contribution < -0.4 is 0 Å². The van der Waals surface area contributed by atoms with Gasteiger partial charge in [0.1, 0.15) is 5.75 Å². The van der Waals surface area contributed by atoms with Crippen molar-refractivity contribution in [1.29, 1.82) is 0 Å². The predicted molar refractivity (Wildman–Crippen MR) is 64.1 cm³/mol. The van der Waals surface area contributed by atoms with Gasteiger partial charge in [-0.2, -0.15) is 0 Å². The lowest BCUT2D eigenvalue weighted by Gasteiger charge is -1.94. The van der Waals surface area contributed by atoms with Crippen LogP contribution in [0.4, 0.5) is 0 Å². The van der Waals surface area contributed by atoms with Gasteiger partial charge in [0.2, 0.25) is 5.78 Å². The standard InChI is InChI=1S/C14H16O2/c1-2-3-4-8-13(15)11-10-12-7-5-6-9-14(12)16/h5-7,9,16H,2-4,8H2,1H3. The van der Waals surface area contributed by atoms with Crippen molar-refractivity contribution in [3.8, 4) is 17.6 Å². The Morgan fingerprint density at radius 3 is 2.75 bits per heavy atom. The molecule has 2 heteroatoms. The summed E-state index contributed by atoms with van der Waals surface area (Å²) < 4.78 is 0. The van der Waals surface area contributed by atoms with E-state index >= 15 is 0 Å². The van der Waals surface area contributed by atoms with Crippen molar-refractivity contribution in [3.05, 3.63) is 29.8 Å². The molecule has 1 rings (SSSR count). The third-order valence-corrected chi connectivity index (χ3v) is 2.25. The number of rotatable bonds is 4. The van der Waals surface area contributed by atoms with Crippen LogP contribution in [0.3, 0.4) is 0 Å². The van der Waals surface area contributed by atoms with E-state index in [1.54, 1.807) is 24.3 Å². The largest absolute Gasteiger partial charge is 0.507 e. The second-order valence-electron chi connectivity index (χ2n) is 3.65. The molecule has 0 aliphatic rings. The van der Waals surface area contributed by atoms with Gasteiger partial charge >= 0.3 is 0 Å². The summed E-state index contributed by atoms with van der Waals surface area (Å²) in [5, 5.41) is 9.42. The first-order chi connectivity index (χ1) is 7.74. The highest BCUT2D eigenvalue weighted by Crippen LogP contribution is 2.13. The number of benzene rings is 1. The fourth-order valence-electron chi connectivity index (χ4n) is 1.31. The molecular weight excluding hydrogens is 200 g/mol. The molecule has 2 nitrogen and oxygen atoms in total. The zero-order valence-corrected chi connectivity index (χ0v) is 9.49. The number of phenolic OH excluding ortho intramolecular Hbond substituents is 1. The van der Waals surface area contributed by atoms with Gasteiger partial charge in [0.05, 0.1) is 5.56 Å². The van der Waals surface area contributed by atoms with E-state index in [1.165, 1.54) is 0 Å². The van der Waals surface area contributed by atoms with Crippen molar-refractivity contribution in [2.75, 3.05) is 0 Å². The molecule has 0 radical (unpaired) electrons. The fourth-order valence-corrected chi connectivity index (χ4v) is 1.31. The van der Waals surface area contributed by atoms with E-state index in [-0.39, 0.29) is 11.5 Å². The van der Waals surface area contributed by atoms with E-state index in [0.29, 0.717) is 12.0 Å². The summed E-state index contributed by atoms with van der Waals surface area (Å²) in [7, 11) is 0. The molecule has 84 valence electrons. The van der Waals surface area contributed by atoms with Gasteiger partial charge in [0, 0.05) is 6.42 Å². The molecule has 0 saturated carbocycles. The monoisotopic (exact) mass is 216 g/mol. The van der Waals surface area contributed by atoms with Crippen LogP contribution in [0.2, 0.25) is 0 Å². The molecule has 0 spiro atoms. The van der Waals surface area contributed by atoms with Gasteiger partial charge in [-0.05, 0) is 24.5 Å². The summed E-state index contributed by atoms with van der Waals surface area (Å²) >= 11 is 0. The smallest absolute Gasteiger partial charge is 0.205 e. The lowest BCUT2D eigenvalue weighted by Crippen LogP contribution is -1.92. The predicted octanol–water partition coefficient (Wildman–Crippen LogP) is 2.89. The average molecular weight is 216 g/mol. The second kappa shape index (κ2) is 6.68. The molecule has 1 aromatic carbocycles. The summed E-state index contributed by atoms with van der Waals surface area (Å²) in [6.07, 6.45) is 3.56. The lowest BCUT2D eigenvalue weighted by molar-refractivity contribution is -0.113. The van der Waals surface area contributed by atoms with Crippen molar-refractivity contribution >= 4 is 5.78 Å². The highest BCUT2D eigenvalue weighted by molar-refractivity contribution is 5.96. The molecular formula is C14H16O2. The summed E-state index contributed by atoms with van der Waals surface area (Å²) in [6.45, 7) is 2.10. The van der Waals surface area contributed by atoms with Gasteiger partial charge in [-0.1, -0.05) is 37.8 Å². The molecule has 0 aliphatic heterocycles. The van der Waals surface area contributed by atoms with E-state index in [0.717, 1.165) is 19.3 Å². The van der Waals surface area contributed by atoms with Crippen LogP contribution in [0, 0.1) is 11.8 Å². The second-order valence-corrected chi connectivity index (χ2v) is 3.65. The quantitative estimate of drug-likeness (QED) is 0.620. The van der Waals surface area contributed by atoms with Crippen molar-refractivity contribution in [2.45, 2.75) is 32.6 Å². The molecule has 0 unspecified atom stereocenters. The van der Waals surface area contributed by atoms with Crippen LogP contribution in [0.15, 0.2) is 24.3 Å². The average Bonchev–Trinajstić information content (AvgIpc) is 2.28. The first-order valence-corrected chi connectivity index (χ1v) is 5.57. The van der Waals surface area contributed by atoms with Gasteiger partial charge in [-0.15, -0.1) is 0 Å². The number of Topliss-reactive ketones (excluding diaryl/α,β-unsaturated/α-hetero) is 1. The van der Waals surface area contributed by atoms with E-state index < -0.39 is 0 Å². The number of hydrogen-bond acceptors (Lipinski definition) is 2. The van der Waals surface area contributed by atoms with Gasteiger partial charge < -0.3 is 5.11 Å². The number of phenols is 1. The van der Waals surface area contributed by atoms with E-state index in [4.69, 9.17) is 0 Å². The van der Waals surface area contributed by atoms with Gasteiger partial charge in [-0.3, -0.25) is 4.79 Å². The third-order valence-electron chi connectivity index (χ3n) is 2.25. The van der Waals surface area contributed by atoms with Crippen LogP contribution >= 0.6 is 0 Å². The minimum Gasteiger partial charge on any atom is -0.507 e. The Kier molecular flexibility index (Phi) is 5.15. The minimum atomic E-state index is -0.0586. The number of hydrogen-bond donors (Lipinski definition) is 1. The number of unbranched alkanes of at least 4 members (excludes halogenated alkanes) is 2. The number of carbonyl (C=O) groups is 1. The van der Waals surface area contributed by atoms with Crippen LogP contribution in [-0.4, -0.2) is 10.9 Å². The van der Waals surface area contributed by atoms with Crippen molar-refractivity contribution in [2.24, 2.45) is 0 Å². The van der Waals surface area contributed by atoms with E-state index in [1.807, 2.05) is 0 Å². The van der Waals surface area contributed by atoms with Gasteiger partial charge in [0.15, 0.2) is 0 Å². The first-order valence-electron chi connectivity index (χ1n) is 5.57. The summed E-state index contributed by atoms with van der Waals surface area (Å²) in [5.41, 5.74) is 0.506. The molecule has 0 fully saturated rings. The highest BCUT2D eigenvalue weighted by atomic mass is 16.3. The normalized spacial score (nSPS) is 9.31. The first kappa shape index (κ1) is 12.3. The Balaban J connectivity index is 2.54. The van der Waals surface area contributed by atoms with Crippen molar-refractivity contribution in [1.82, 2.24) is 0 Å². The summed E-state index contributed by atoms with van der Waals surface area (Å²) in [5.74, 6) is 5.30.